The second-order valence-corrected chi connectivity index (χ2v) is 14.4. The van der Waals surface area contributed by atoms with Crippen molar-refractivity contribution >= 4 is 65.6 Å². The smallest absolute Gasteiger partial charge is 0.164 e. The van der Waals surface area contributed by atoms with Crippen molar-refractivity contribution in [1.29, 1.82) is 0 Å². The summed E-state index contributed by atoms with van der Waals surface area (Å²) in [5.41, 5.74) is 11.1. The maximum atomic E-state index is 6.79. The third-order valence-corrected chi connectivity index (χ3v) is 11.2. The summed E-state index contributed by atoms with van der Waals surface area (Å²) in [7, 11) is 0. The number of hydrogen-bond acceptors (Lipinski definition) is 4. The Balaban J connectivity index is 1.16. The van der Waals surface area contributed by atoms with Crippen LogP contribution in [0.4, 0.5) is 0 Å². The van der Waals surface area contributed by atoms with Gasteiger partial charge in [0.15, 0.2) is 23.1 Å². The summed E-state index contributed by atoms with van der Waals surface area (Å²) < 4.78 is 11.6. The predicted octanol–water partition coefficient (Wildman–Crippen LogP) is 13.0. The first-order chi connectivity index (χ1) is 28.3. The molecule has 0 bridgehead atoms. The van der Waals surface area contributed by atoms with Crippen LogP contribution in [-0.4, -0.2) is 24.1 Å². The molecule has 4 heterocycles. The highest BCUT2D eigenvalue weighted by Crippen LogP contribution is 2.45. The van der Waals surface area contributed by atoms with E-state index in [1.807, 2.05) is 66.7 Å². The number of nitrogens with zero attached hydrogens (tertiary/aromatic N) is 5. The Hall–Kier alpha value is -7.83. The minimum Gasteiger partial charge on any atom is -0.454 e. The van der Waals surface area contributed by atoms with E-state index in [2.05, 4.69) is 130 Å². The van der Waals surface area contributed by atoms with Crippen LogP contribution in [-0.2, 0) is 0 Å². The first-order valence-electron chi connectivity index (χ1n) is 19.1. The van der Waals surface area contributed by atoms with Crippen LogP contribution in [0.1, 0.15) is 0 Å². The van der Waals surface area contributed by atoms with Crippen molar-refractivity contribution in [2.45, 2.75) is 0 Å². The SMILES string of the molecule is c1ccc(-c2nc(-c3ccccc3)nc(-c3ccc(-n4c5c(ccc6c7ccccc7oc65)c5ccc6c7ccccc7n(-c7ccccc7)c6c54)cc3)n2)cc1. The lowest BCUT2D eigenvalue weighted by Gasteiger charge is -2.13. The van der Waals surface area contributed by atoms with Crippen molar-refractivity contribution in [2.75, 3.05) is 0 Å². The molecule has 266 valence electrons. The van der Waals surface area contributed by atoms with E-state index in [0.717, 1.165) is 82.8 Å². The monoisotopic (exact) mass is 729 g/mol. The van der Waals surface area contributed by atoms with Crippen molar-refractivity contribution in [3.05, 3.63) is 188 Å². The van der Waals surface area contributed by atoms with Crippen LogP contribution in [0.2, 0.25) is 0 Å². The molecule has 0 aliphatic heterocycles. The van der Waals surface area contributed by atoms with Crippen LogP contribution in [0.15, 0.2) is 192 Å². The van der Waals surface area contributed by atoms with Gasteiger partial charge in [0.25, 0.3) is 0 Å². The highest BCUT2D eigenvalue weighted by Gasteiger charge is 2.24. The number of fused-ring (bicyclic) bond motifs is 11. The van der Waals surface area contributed by atoms with Crippen LogP contribution in [0.3, 0.4) is 0 Å². The highest BCUT2D eigenvalue weighted by molar-refractivity contribution is 6.27. The molecule has 6 heteroatoms. The molecule has 0 N–H and O–H groups in total. The normalized spacial score (nSPS) is 11.9. The first-order valence-corrected chi connectivity index (χ1v) is 19.1. The molecule has 0 saturated heterocycles. The molecule has 12 rings (SSSR count). The fraction of sp³-hybridized carbons (Fsp3) is 0. The summed E-state index contributed by atoms with van der Waals surface area (Å²) in [6.45, 7) is 0. The van der Waals surface area contributed by atoms with Crippen LogP contribution < -0.4 is 0 Å². The van der Waals surface area contributed by atoms with E-state index in [9.17, 15) is 0 Å². The second kappa shape index (κ2) is 12.3. The van der Waals surface area contributed by atoms with Crippen LogP contribution in [0.25, 0.3) is 111 Å². The molecular formula is C51H31N5O. The number of benzene rings is 8. The van der Waals surface area contributed by atoms with E-state index in [1.54, 1.807) is 0 Å². The van der Waals surface area contributed by atoms with Gasteiger partial charge in [-0.1, -0.05) is 133 Å². The Morgan fingerprint density at radius 2 is 0.772 bits per heavy atom. The number of para-hydroxylation sites is 3. The molecule has 0 atom stereocenters. The average Bonchev–Trinajstić information content (AvgIpc) is 3.95. The maximum Gasteiger partial charge on any atom is 0.164 e. The van der Waals surface area contributed by atoms with Crippen LogP contribution in [0, 0.1) is 0 Å². The topological polar surface area (TPSA) is 61.7 Å². The maximum absolute atomic E-state index is 6.79. The van der Waals surface area contributed by atoms with Crippen molar-refractivity contribution in [1.82, 2.24) is 24.1 Å². The largest absolute Gasteiger partial charge is 0.454 e. The third kappa shape index (κ3) is 4.81. The highest BCUT2D eigenvalue weighted by atomic mass is 16.3. The standard InChI is InChI=1S/C51H31N5O/c1-4-14-32(15-5-1)49-52-50(33-16-6-2-7-17-33)54-51(53-49)34-24-26-36(27-25-34)56-46-40(41-30-31-42-38-21-11-13-23-44(38)57-48(42)47(41)56)29-28-39-37-20-10-12-22-43(37)55(45(39)46)35-18-8-3-9-19-35/h1-31H. The first kappa shape index (κ1) is 31.5. The zero-order valence-corrected chi connectivity index (χ0v) is 30.5. The van der Waals surface area contributed by atoms with Gasteiger partial charge in [-0.15, -0.1) is 0 Å². The van der Waals surface area contributed by atoms with Gasteiger partial charge in [-0.25, -0.2) is 15.0 Å². The molecule has 6 nitrogen and oxygen atoms in total. The van der Waals surface area contributed by atoms with Crippen molar-refractivity contribution < 1.29 is 4.42 Å². The molecule has 12 aromatic rings. The molecule has 0 saturated carbocycles. The lowest BCUT2D eigenvalue weighted by molar-refractivity contribution is 0.671. The Bertz CT molecular complexity index is 3430. The van der Waals surface area contributed by atoms with Crippen LogP contribution >= 0.6 is 0 Å². The molecule has 0 unspecified atom stereocenters. The zero-order valence-electron chi connectivity index (χ0n) is 30.5. The van der Waals surface area contributed by atoms with Gasteiger partial charge in [-0.2, -0.15) is 0 Å². The Morgan fingerprint density at radius 3 is 1.42 bits per heavy atom. The van der Waals surface area contributed by atoms with Crippen LogP contribution in [0.5, 0.6) is 0 Å². The lowest BCUT2D eigenvalue weighted by atomic mass is 10.1. The van der Waals surface area contributed by atoms with Crippen molar-refractivity contribution in [3.8, 4) is 45.5 Å². The van der Waals surface area contributed by atoms with Gasteiger partial charge >= 0.3 is 0 Å². The Morgan fingerprint density at radius 1 is 0.316 bits per heavy atom. The number of hydrogen-bond donors (Lipinski definition) is 0. The fourth-order valence-electron chi connectivity index (χ4n) is 8.61. The molecule has 0 aliphatic rings. The van der Waals surface area contributed by atoms with E-state index in [0.29, 0.717) is 17.5 Å². The number of rotatable bonds is 5. The van der Waals surface area contributed by atoms with Crippen molar-refractivity contribution in [2.24, 2.45) is 0 Å². The molecule has 57 heavy (non-hydrogen) atoms. The minimum absolute atomic E-state index is 0.614. The predicted molar refractivity (Wildman–Crippen MR) is 232 cm³/mol. The minimum atomic E-state index is 0.614. The van der Waals surface area contributed by atoms with Gasteiger partial charge in [0.2, 0.25) is 0 Å². The molecule has 0 amide bonds. The fourth-order valence-corrected chi connectivity index (χ4v) is 8.61. The molecule has 4 aromatic heterocycles. The summed E-state index contributed by atoms with van der Waals surface area (Å²) in [6, 6.07) is 65.5. The van der Waals surface area contributed by atoms with Gasteiger partial charge in [0.1, 0.15) is 5.58 Å². The number of aromatic nitrogens is 5. The van der Waals surface area contributed by atoms with E-state index in [1.165, 1.54) is 10.8 Å². The van der Waals surface area contributed by atoms with E-state index in [-0.39, 0.29) is 0 Å². The average molecular weight is 730 g/mol. The molecule has 0 radical (unpaired) electrons. The quantitative estimate of drug-likeness (QED) is 0.177. The Kier molecular flexibility index (Phi) is 6.83. The van der Waals surface area contributed by atoms with E-state index in [4.69, 9.17) is 19.4 Å². The van der Waals surface area contributed by atoms with E-state index >= 15 is 0 Å². The summed E-state index contributed by atoms with van der Waals surface area (Å²) in [6.07, 6.45) is 0. The van der Waals surface area contributed by atoms with E-state index < -0.39 is 0 Å². The van der Waals surface area contributed by atoms with Gasteiger partial charge in [-0.05, 0) is 54.6 Å². The zero-order chi connectivity index (χ0) is 37.5. The Labute approximate surface area is 326 Å². The lowest BCUT2D eigenvalue weighted by Crippen LogP contribution is -2.01. The summed E-state index contributed by atoms with van der Waals surface area (Å²) in [5, 5.41) is 6.87. The third-order valence-electron chi connectivity index (χ3n) is 11.2. The van der Waals surface area contributed by atoms with Gasteiger partial charge in [0.05, 0.1) is 22.1 Å². The molecule has 0 fully saturated rings. The van der Waals surface area contributed by atoms with Gasteiger partial charge in [0, 0.05) is 60.4 Å². The molecule has 8 aromatic carbocycles. The molecular weight excluding hydrogens is 699 g/mol. The van der Waals surface area contributed by atoms with Crippen molar-refractivity contribution in [3.63, 3.8) is 0 Å². The number of furan rings is 1. The second-order valence-electron chi connectivity index (χ2n) is 14.4. The summed E-state index contributed by atoms with van der Waals surface area (Å²) >= 11 is 0. The van der Waals surface area contributed by atoms with Gasteiger partial charge < -0.3 is 13.6 Å². The summed E-state index contributed by atoms with van der Waals surface area (Å²) in [5.74, 6) is 1.88. The summed E-state index contributed by atoms with van der Waals surface area (Å²) in [4.78, 5) is 15.0. The van der Waals surface area contributed by atoms with Gasteiger partial charge in [-0.3, -0.25) is 0 Å². The molecule has 0 aliphatic carbocycles. The molecule has 0 spiro atoms.